The summed E-state index contributed by atoms with van der Waals surface area (Å²) in [6.07, 6.45) is -4.69. The van der Waals surface area contributed by atoms with E-state index in [0.29, 0.717) is 6.54 Å². The van der Waals surface area contributed by atoms with Crippen LogP contribution in [-0.4, -0.2) is 17.0 Å². The summed E-state index contributed by atoms with van der Waals surface area (Å²) in [7, 11) is 0. The summed E-state index contributed by atoms with van der Waals surface area (Å²) in [4.78, 5) is 11.3. The van der Waals surface area contributed by atoms with Gasteiger partial charge in [0.25, 0.3) is 5.91 Å². The van der Waals surface area contributed by atoms with Crippen LogP contribution in [0, 0.1) is 11.3 Å². The number of aromatic nitrogens is 1. The number of amides is 1. The van der Waals surface area contributed by atoms with Crippen LogP contribution in [0.15, 0.2) is 0 Å². The number of hydrogen-bond acceptors (Lipinski definition) is 3. The lowest BCUT2D eigenvalue weighted by Crippen LogP contribution is -2.31. The standard InChI is InChI=1S/C10H9F3N4O/c11-10(12,13)8-5(3-14)7(9(15)18)6-4-16-1-2-17(6)8/h16H,1-2,4H2,(H2,15,18). The number of hydrogen-bond donors (Lipinski definition) is 2. The van der Waals surface area contributed by atoms with Gasteiger partial charge in [0.2, 0.25) is 0 Å². The maximum atomic E-state index is 13.0. The first-order valence-corrected chi connectivity index (χ1v) is 5.11. The van der Waals surface area contributed by atoms with Gasteiger partial charge >= 0.3 is 6.18 Å². The summed E-state index contributed by atoms with van der Waals surface area (Å²) >= 11 is 0. The molecule has 0 bridgehead atoms. The van der Waals surface area contributed by atoms with Crippen LogP contribution in [0.25, 0.3) is 0 Å². The summed E-state index contributed by atoms with van der Waals surface area (Å²) < 4.78 is 39.8. The van der Waals surface area contributed by atoms with Crippen molar-refractivity contribution in [1.82, 2.24) is 9.88 Å². The molecule has 1 amide bonds. The zero-order valence-corrected chi connectivity index (χ0v) is 9.14. The Morgan fingerprint density at radius 2 is 2.17 bits per heavy atom. The highest BCUT2D eigenvalue weighted by molar-refractivity contribution is 5.97. The molecule has 8 heteroatoms. The van der Waals surface area contributed by atoms with Crippen LogP contribution >= 0.6 is 0 Å². The zero-order chi connectivity index (χ0) is 13.5. The second-order valence-electron chi connectivity index (χ2n) is 3.85. The number of nitriles is 1. The van der Waals surface area contributed by atoms with E-state index in [9.17, 15) is 18.0 Å². The van der Waals surface area contributed by atoms with Gasteiger partial charge in [-0.05, 0) is 0 Å². The van der Waals surface area contributed by atoms with Crippen molar-refractivity contribution in [3.05, 3.63) is 22.5 Å². The summed E-state index contributed by atoms with van der Waals surface area (Å²) in [6, 6.07) is 1.44. The maximum Gasteiger partial charge on any atom is 0.432 e. The Morgan fingerprint density at radius 1 is 1.50 bits per heavy atom. The number of carbonyl (C=O) groups excluding carboxylic acids is 1. The van der Waals surface area contributed by atoms with Gasteiger partial charge in [0, 0.05) is 25.3 Å². The van der Waals surface area contributed by atoms with Crippen molar-refractivity contribution in [1.29, 1.82) is 5.26 Å². The Balaban J connectivity index is 2.81. The van der Waals surface area contributed by atoms with Crippen molar-refractivity contribution in [3.63, 3.8) is 0 Å². The molecular formula is C10H9F3N4O. The molecule has 0 spiro atoms. The molecule has 3 N–H and O–H groups in total. The SMILES string of the molecule is N#Cc1c(C(N)=O)c2n(c1C(F)(F)F)CCNC2. The molecule has 0 aromatic carbocycles. The minimum atomic E-state index is -4.69. The summed E-state index contributed by atoms with van der Waals surface area (Å²) in [6.45, 7) is 0.475. The van der Waals surface area contributed by atoms with Crippen LogP contribution in [0.5, 0.6) is 0 Å². The van der Waals surface area contributed by atoms with Crippen molar-refractivity contribution in [2.45, 2.75) is 19.3 Å². The van der Waals surface area contributed by atoms with Crippen LogP contribution in [0.3, 0.4) is 0 Å². The van der Waals surface area contributed by atoms with Crippen LogP contribution in [0.4, 0.5) is 13.2 Å². The highest BCUT2D eigenvalue weighted by Crippen LogP contribution is 2.37. The van der Waals surface area contributed by atoms with Crippen molar-refractivity contribution in [2.24, 2.45) is 5.73 Å². The Morgan fingerprint density at radius 3 is 2.67 bits per heavy atom. The smallest absolute Gasteiger partial charge is 0.366 e. The molecule has 0 aliphatic carbocycles. The van der Waals surface area contributed by atoms with E-state index in [1.165, 1.54) is 6.07 Å². The monoisotopic (exact) mass is 258 g/mol. The Bertz CT molecular complexity index is 553. The van der Waals surface area contributed by atoms with Crippen molar-refractivity contribution >= 4 is 5.91 Å². The van der Waals surface area contributed by atoms with E-state index in [1.54, 1.807) is 0 Å². The Hall–Kier alpha value is -2.01. The van der Waals surface area contributed by atoms with Crippen LogP contribution < -0.4 is 11.1 Å². The average Bonchev–Trinajstić information content (AvgIpc) is 2.62. The van der Waals surface area contributed by atoms with Gasteiger partial charge in [-0.3, -0.25) is 4.79 Å². The highest BCUT2D eigenvalue weighted by atomic mass is 19.4. The molecule has 0 unspecified atom stereocenters. The molecule has 1 aromatic rings. The summed E-state index contributed by atoms with van der Waals surface area (Å²) in [5.41, 5.74) is 3.08. The molecule has 2 heterocycles. The average molecular weight is 258 g/mol. The fraction of sp³-hybridized carbons (Fsp3) is 0.400. The topological polar surface area (TPSA) is 83.8 Å². The summed E-state index contributed by atoms with van der Waals surface area (Å²) in [5.74, 6) is -1.02. The first-order valence-electron chi connectivity index (χ1n) is 5.11. The molecule has 5 nitrogen and oxygen atoms in total. The van der Waals surface area contributed by atoms with Crippen LogP contribution in [0.2, 0.25) is 0 Å². The van der Waals surface area contributed by atoms with E-state index < -0.39 is 23.3 Å². The first kappa shape index (κ1) is 12.4. The van der Waals surface area contributed by atoms with E-state index in [-0.39, 0.29) is 24.3 Å². The number of rotatable bonds is 1. The third-order valence-corrected chi connectivity index (χ3v) is 2.80. The fourth-order valence-corrected chi connectivity index (χ4v) is 2.16. The molecule has 96 valence electrons. The van der Waals surface area contributed by atoms with E-state index in [4.69, 9.17) is 11.0 Å². The molecule has 1 aromatic heterocycles. The number of fused-ring (bicyclic) bond motifs is 1. The highest BCUT2D eigenvalue weighted by Gasteiger charge is 2.42. The Labute approximate surface area is 100.0 Å². The molecule has 2 rings (SSSR count). The van der Waals surface area contributed by atoms with Gasteiger partial charge in [0.15, 0.2) is 0 Å². The lowest BCUT2D eigenvalue weighted by atomic mass is 10.1. The number of primary amides is 1. The van der Waals surface area contributed by atoms with E-state index in [1.807, 2.05) is 0 Å². The number of nitrogens with zero attached hydrogens (tertiary/aromatic N) is 2. The molecule has 0 fully saturated rings. The zero-order valence-electron chi connectivity index (χ0n) is 9.14. The lowest BCUT2D eigenvalue weighted by molar-refractivity contribution is -0.144. The second kappa shape index (κ2) is 4.03. The predicted molar refractivity (Wildman–Crippen MR) is 54.4 cm³/mol. The van der Waals surface area contributed by atoms with Gasteiger partial charge in [0.05, 0.1) is 11.1 Å². The van der Waals surface area contributed by atoms with Crippen LogP contribution in [0.1, 0.15) is 27.3 Å². The minimum Gasteiger partial charge on any atom is -0.366 e. The molecule has 0 saturated heterocycles. The van der Waals surface area contributed by atoms with E-state index in [0.717, 1.165) is 4.57 Å². The lowest BCUT2D eigenvalue weighted by Gasteiger charge is -2.20. The van der Waals surface area contributed by atoms with Gasteiger partial charge < -0.3 is 15.6 Å². The largest absolute Gasteiger partial charge is 0.432 e. The van der Waals surface area contributed by atoms with Crippen molar-refractivity contribution < 1.29 is 18.0 Å². The molecular weight excluding hydrogens is 249 g/mol. The molecule has 0 radical (unpaired) electrons. The second-order valence-corrected chi connectivity index (χ2v) is 3.85. The Kier molecular flexibility index (Phi) is 2.78. The van der Waals surface area contributed by atoms with Crippen LogP contribution in [-0.2, 0) is 19.3 Å². The molecule has 1 aliphatic heterocycles. The van der Waals surface area contributed by atoms with Gasteiger partial charge in [-0.2, -0.15) is 18.4 Å². The number of nitrogens with one attached hydrogen (secondary N) is 1. The number of carbonyl (C=O) groups is 1. The maximum absolute atomic E-state index is 13.0. The number of nitrogens with two attached hydrogens (primary N) is 1. The first-order chi connectivity index (χ1) is 8.38. The van der Waals surface area contributed by atoms with Gasteiger partial charge in [-0.1, -0.05) is 0 Å². The van der Waals surface area contributed by atoms with E-state index >= 15 is 0 Å². The third-order valence-electron chi connectivity index (χ3n) is 2.80. The minimum absolute atomic E-state index is 0.0478. The third kappa shape index (κ3) is 1.73. The normalized spacial score (nSPS) is 15.0. The van der Waals surface area contributed by atoms with Gasteiger partial charge in [0.1, 0.15) is 11.8 Å². The van der Waals surface area contributed by atoms with Crippen molar-refractivity contribution in [2.75, 3.05) is 6.54 Å². The fourth-order valence-electron chi connectivity index (χ4n) is 2.16. The quantitative estimate of drug-likeness (QED) is 0.772. The van der Waals surface area contributed by atoms with E-state index in [2.05, 4.69) is 5.32 Å². The number of alkyl halides is 3. The molecule has 1 aliphatic rings. The molecule has 0 saturated carbocycles. The van der Waals surface area contributed by atoms with Gasteiger partial charge in [-0.15, -0.1) is 0 Å². The van der Waals surface area contributed by atoms with Crippen molar-refractivity contribution in [3.8, 4) is 6.07 Å². The van der Waals surface area contributed by atoms with Gasteiger partial charge in [-0.25, -0.2) is 0 Å². The number of halogens is 3. The predicted octanol–water partition coefficient (Wildman–Crippen LogP) is 0.581. The molecule has 18 heavy (non-hydrogen) atoms. The summed E-state index contributed by atoms with van der Waals surface area (Å²) in [5, 5.41) is 11.7. The molecule has 0 atom stereocenters.